The number of aromatic amines is 2. The number of hydrogen-bond acceptors (Lipinski definition) is 19. The second kappa shape index (κ2) is 46.1. The smallest absolute Gasteiger partial charge is 0.303 e. The summed E-state index contributed by atoms with van der Waals surface area (Å²) in [6, 6.07) is 10.5. The molecule has 6 aromatic rings. The van der Waals surface area contributed by atoms with Gasteiger partial charge in [-0.15, -0.1) is 0 Å². The van der Waals surface area contributed by atoms with E-state index in [-0.39, 0.29) is 82.3 Å². The number of carbonyl (C=O) groups excluding carboxylic acids is 14. The van der Waals surface area contributed by atoms with Crippen molar-refractivity contribution in [1.29, 1.82) is 0 Å². The minimum Gasteiger partial charge on any atom is -0.508 e. The van der Waals surface area contributed by atoms with Crippen LogP contribution in [0.1, 0.15) is 156 Å². The largest absolute Gasteiger partial charge is 0.508 e. The fourth-order valence-electron chi connectivity index (χ4n) is 14.5. The van der Waals surface area contributed by atoms with E-state index >= 15 is 28.8 Å². The van der Waals surface area contributed by atoms with Crippen LogP contribution in [0, 0.1) is 17.8 Å². The van der Waals surface area contributed by atoms with Crippen molar-refractivity contribution in [2.24, 2.45) is 23.5 Å². The van der Waals surface area contributed by atoms with Gasteiger partial charge in [0.15, 0.2) is 0 Å². The first-order valence-electron chi connectivity index (χ1n) is 41.6. The molecule has 1 aliphatic heterocycles. The van der Waals surface area contributed by atoms with E-state index < -0.39 is 210 Å². The van der Waals surface area contributed by atoms with Crippen LogP contribution in [-0.2, 0) is 97.6 Å². The Kier molecular flexibility index (Phi) is 36.6. The Hall–Kier alpha value is -12.6. The summed E-state index contributed by atoms with van der Waals surface area (Å²) in [5, 5.41) is 88.4. The number of H-pyrrole nitrogens is 2. The molecule has 14 amide bonds. The zero-order valence-corrected chi connectivity index (χ0v) is 71.7. The normalized spacial score (nSPS) is 20.3. The number of phenols is 1. The van der Waals surface area contributed by atoms with Crippen LogP contribution >= 0.6 is 0 Å². The number of aromatic nitrogens is 2. The molecule has 36 heteroatoms. The zero-order chi connectivity index (χ0) is 91.4. The number of fused-ring (bicyclic) bond motifs is 2. The van der Waals surface area contributed by atoms with Gasteiger partial charge in [-0.25, -0.2) is 0 Å². The summed E-state index contributed by atoms with van der Waals surface area (Å²) in [4.78, 5) is 221. The Labute approximate surface area is 718 Å². The number of rotatable bonds is 36. The third-order valence-electron chi connectivity index (χ3n) is 21.6. The summed E-state index contributed by atoms with van der Waals surface area (Å²) >= 11 is 0. The van der Waals surface area contributed by atoms with E-state index in [1.807, 2.05) is 18.2 Å². The topological polar surface area (TPSA) is 571 Å². The van der Waals surface area contributed by atoms with Gasteiger partial charge < -0.3 is 110 Å². The van der Waals surface area contributed by atoms with E-state index in [4.69, 9.17) is 5.73 Å². The average molecular weight is 1720 g/mol. The highest BCUT2D eigenvalue weighted by molar-refractivity contribution is 6.02. The summed E-state index contributed by atoms with van der Waals surface area (Å²) in [5.74, 6) is -16.5. The summed E-state index contributed by atoms with van der Waals surface area (Å²) in [6.07, 6.45) is 1.48. The van der Waals surface area contributed by atoms with E-state index in [1.165, 1.54) is 45.0 Å². The molecule has 0 fully saturated rings. The summed E-state index contributed by atoms with van der Waals surface area (Å²) in [5.41, 5.74) is 5.01. The predicted octanol–water partition coefficient (Wildman–Crippen LogP) is 1.10. The number of aromatic hydroxyl groups is 1. The number of nitrogens with two attached hydrogens (primary N) is 1. The van der Waals surface area contributed by atoms with E-state index in [0.29, 0.717) is 33.2 Å². The molecule has 3 heterocycles. The molecule has 0 unspecified atom stereocenters. The van der Waals surface area contributed by atoms with Crippen LogP contribution in [0.25, 0.3) is 21.8 Å². The monoisotopic (exact) mass is 1720 g/mol. The number of aliphatic hydroxyl groups is 3. The number of para-hydroxylation sites is 2. The number of phenolic OH excluding ortho intramolecular Hbond substituents is 1. The number of nitrogens with one attached hydrogen (secondary N) is 15. The first-order valence-corrected chi connectivity index (χ1v) is 41.6. The highest BCUT2D eigenvalue weighted by Crippen LogP contribution is 2.26. The Morgan fingerprint density at radius 2 is 0.968 bits per heavy atom. The van der Waals surface area contributed by atoms with Gasteiger partial charge in [0.1, 0.15) is 83.3 Å². The van der Waals surface area contributed by atoms with Crippen molar-refractivity contribution in [1.82, 2.24) is 79.1 Å². The minimum absolute atomic E-state index is 0.0573. The number of carbonyl (C=O) groups is 15. The van der Waals surface area contributed by atoms with Gasteiger partial charge in [0.2, 0.25) is 82.7 Å². The maximum absolute atomic E-state index is 15.5. The summed E-state index contributed by atoms with van der Waals surface area (Å²) < 4.78 is 0. The molecule has 22 N–H and O–H groups in total. The maximum atomic E-state index is 15.5. The molecule has 0 spiro atoms. The number of aliphatic hydroxyl groups excluding tert-OH is 3. The van der Waals surface area contributed by atoms with Crippen molar-refractivity contribution >= 4 is 110 Å². The number of primary amides is 1. The quantitative estimate of drug-likeness (QED) is 0.0245. The molecule has 4 aromatic carbocycles. The minimum atomic E-state index is -2.12. The second-order valence-electron chi connectivity index (χ2n) is 33.2. The molecular weight excluding hydrogens is 1600 g/mol. The Morgan fingerprint density at radius 1 is 0.500 bits per heavy atom. The number of carboxylic acid groups (broad SMARTS) is 1. The lowest BCUT2D eigenvalue weighted by molar-refractivity contribution is -0.140. The molecular formula is C88H120N16O20. The van der Waals surface area contributed by atoms with Crippen molar-refractivity contribution in [3.63, 3.8) is 0 Å². The van der Waals surface area contributed by atoms with Crippen molar-refractivity contribution in [3.8, 4) is 5.75 Å². The third-order valence-corrected chi connectivity index (χ3v) is 21.6. The van der Waals surface area contributed by atoms with Gasteiger partial charge in [0, 0.05) is 73.2 Å². The van der Waals surface area contributed by atoms with E-state index in [2.05, 4.69) is 79.1 Å². The molecule has 1 aliphatic rings. The number of carboxylic acids is 1. The van der Waals surface area contributed by atoms with Crippen molar-refractivity contribution in [2.45, 2.75) is 249 Å². The molecule has 0 aliphatic carbocycles. The van der Waals surface area contributed by atoms with E-state index in [9.17, 15) is 68.7 Å². The average Bonchev–Trinajstić information content (AvgIpc) is 1.56. The van der Waals surface area contributed by atoms with Crippen molar-refractivity contribution in [2.75, 3.05) is 6.61 Å². The fraction of sp³-hybridized carbons (Fsp3) is 0.489. The summed E-state index contributed by atoms with van der Waals surface area (Å²) in [7, 11) is 0. The lowest BCUT2D eigenvalue weighted by Gasteiger charge is -2.34. The van der Waals surface area contributed by atoms with Crippen LogP contribution in [0.4, 0.5) is 0 Å². The molecule has 7 rings (SSSR count). The van der Waals surface area contributed by atoms with Crippen molar-refractivity contribution in [3.05, 3.63) is 150 Å². The lowest BCUT2D eigenvalue weighted by atomic mass is 9.90. The van der Waals surface area contributed by atoms with E-state index in [0.717, 1.165) is 24.8 Å². The first-order chi connectivity index (χ1) is 58.6. The third kappa shape index (κ3) is 28.8. The van der Waals surface area contributed by atoms with Crippen LogP contribution in [0.3, 0.4) is 0 Å². The molecule has 0 bridgehead atoms. The first kappa shape index (κ1) is 98.5. The van der Waals surface area contributed by atoms with Gasteiger partial charge in [-0.3, -0.25) is 71.9 Å². The fourth-order valence-corrected chi connectivity index (χ4v) is 14.5. The van der Waals surface area contributed by atoms with Gasteiger partial charge in [-0.1, -0.05) is 133 Å². The van der Waals surface area contributed by atoms with Gasteiger partial charge in [-0.2, -0.15) is 0 Å². The van der Waals surface area contributed by atoms with Crippen LogP contribution < -0.4 is 74.9 Å². The standard InChI is InChI=1S/C88H120N16O20/c1-47(2)39-63-80(118)103-88(11,86(124)99-66(78(116)100-70(48(3)4)74(89)112)42-55-44-90-60-29-21-19-27-58(55)60)38-24-15-13-12-14-23-37-87(10,85(123)98-62(35-36-69(110)111)75(113)94-64(76(114)93-63)41-54-31-33-57(109)34-32-54)104-81(119)67(43-56-45-91-61-30-22-20-28-59(56)61)95-79(117)68(46-105)97-83(121)73(51(8)107)102-77(115)65(40-53-25-17-16-18-26-53)96-82(120)71(49(5)6)101-84(122)72(50(7)106)92-52(9)108/h12-13,16-22,25-34,44-45,47-51,62-68,70-73,90-91,105-107,109H,14-15,23-24,35-43,46H2,1-11H3,(H2,89,112)(H,92,108)(H,93,114)(H,94,113)(H,95,117)(H,96,120)(H,97,121)(H,98,123)(H,99,124)(H,100,116)(H,101,122)(H,102,115)(H,103,118)(H,104,119)(H,110,111)/b13-12-/t50-,51-,62+,63+,64+,65+,66+,67+,68+,70+,71+,72+,73+,87+,88+/m1/s1. The molecule has 36 nitrogen and oxygen atoms in total. The molecule has 0 radical (unpaired) electrons. The van der Waals surface area contributed by atoms with Crippen LogP contribution in [-0.4, -0.2) is 221 Å². The Balaban J connectivity index is 1.22. The number of benzene rings is 4. The lowest BCUT2D eigenvalue weighted by Crippen LogP contribution is -2.65. The number of amides is 14. The molecule has 0 saturated heterocycles. The van der Waals surface area contributed by atoms with Gasteiger partial charge in [0.25, 0.3) is 0 Å². The molecule has 2 aromatic heterocycles. The number of aliphatic carboxylic acids is 1. The Bertz CT molecular complexity index is 4780. The maximum Gasteiger partial charge on any atom is 0.303 e. The Morgan fingerprint density at radius 3 is 1.50 bits per heavy atom. The van der Waals surface area contributed by atoms with E-state index in [1.54, 1.807) is 127 Å². The summed E-state index contributed by atoms with van der Waals surface area (Å²) in [6.45, 7) is 15.2. The zero-order valence-electron chi connectivity index (χ0n) is 71.7. The molecule has 124 heavy (non-hydrogen) atoms. The predicted molar refractivity (Wildman–Crippen MR) is 458 cm³/mol. The van der Waals surface area contributed by atoms with Gasteiger partial charge >= 0.3 is 5.97 Å². The van der Waals surface area contributed by atoms with Crippen LogP contribution in [0.15, 0.2) is 128 Å². The molecule has 15 atom stereocenters. The van der Waals surface area contributed by atoms with Crippen molar-refractivity contribution < 1.29 is 97.5 Å². The van der Waals surface area contributed by atoms with Gasteiger partial charge in [-0.05, 0) is 143 Å². The molecule has 672 valence electrons. The SMILES string of the molecule is CC(=O)N[C@H](C(=O)N[C@H](C(=O)N[C@@H](Cc1ccccc1)C(=O)N[C@H](C(=O)N[C@@H](CO)C(=O)N[C@@H](Cc1c[nH]c2ccccc12)C(=O)N[C@@]1(C)CCC/C=C\CCC[C@@](C)(C(=O)N[C@@H](Cc2c[nH]c3ccccc23)C(=O)N[C@H](C(N)=O)C(C)C)NC(=O)[C@H](CC(C)C)NC(=O)[C@H](Cc2ccc(O)cc2)NC(=O)[C@H](CCC(=O)O)NC1=O)[C@@H](C)O)C(C)C)[C@@H](C)O. The van der Waals surface area contributed by atoms with Crippen LogP contribution in [0.2, 0.25) is 0 Å². The second-order valence-corrected chi connectivity index (χ2v) is 33.2. The highest BCUT2D eigenvalue weighted by atomic mass is 16.4. The highest BCUT2D eigenvalue weighted by Gasteiger charge is 2.44. The number of allylic oxidation sites excluding steroid dienone is 2. The molecule has 0 saturated carbocycles. The number of hydrogen-bond donors (Lipinski definition) is 21. The van der Waals surface area contributed by atoms with Gasteiger partial charge in [0.05, 0.1) is 18.8 Å². The van der Waals surface area contributed by atoms with Crippen LogP contribution in [0.5, 0.6) is 5.75 Å².